The van der Waals surface area contributed by atoms with Gasteiger partial charge in [-0.05, 0) is 52.8 Å². The minimum absolute atomic E-state index is 0.0933. The summed E-state index contributed by atoms with van der Waals surface area (Å²) in [6, 6.07) is 7.20. The molecule has 0 radical (unpaired) electrons. The number of benzene rings is 1. The van der Waals surface area contributed by atoms with Gasteiger partial charge in [0.25, 0.3) is 5.91 Å². The van der Waals surface area contributed by atoms with Crippen LogP contribution in [0.3, 0.4) is 0 Å². The van der Waals surface area contributed by atoms with Gasteiger partial charge in [-0.3, -0.25) is 9.48 Å². The highest BCUT2D eigenvalue weighted by Crippen LogP contribution is 2.17. The van der Waals surface area contributed by atoms with Gasteiger partial charge in [0.05, 0.1) is 5.56 Å². The molecule has 0 saturated carbocycles. The van der Waals surface area contributed by atoms with Crippen LogP contribution >= 0.6 is 34.2 Å². The maximum absolute atomic E-state index is 12.1. The molecule has 1 aromatic heterocycles. The molecule has 0 aliphatic carbocycles. The van der Waals surface area contributed by atoms with Crippen LogP contribution in [-0.4, -0.2) is 22.2 Å². The van der Waals surface area contributed by atoms with Gasteiger partial charge in [-0.1, -0.05) is 18.5 Å². The zero-order chi connectivity index (χ0) is 14.5. The normalized spacial score (nSPS) is 12.2. The number of hydrogen-bond donors (Lipinski definition) is 1. The fourth-order valence-corrected chi connectivity index (χ4v) is 2.58. The van der Waals surface area contributed by atoms with Crippen LogP contribution in [0.25, 0.3) is 0 Å². The standard InChI is InChI=1S/C14H15ClIN3O/c1-10(9-19-6-2-5-18-19)8-17-14(20)12-7-11(15)3-4-13(12)16/h2-7,10H,8-9H2,1H3,(H,17,20). The summed E-state index contributed by atoms with van der Waals surface area (Å²) in [5.74, 6) is 0.208. The Morgan fingerprint density at radius 1 is 1.55 bits per heavy atom. The van der Waals surface area contributed by atoms with Gasteiger partial charge in [0.1, 0.15) is 0 Å². The predicted molar refractivity (Wildman–Crippen MR) is 87.9 cm³/mol. The van der Waals surface area contributed by atoms with E-state index in [4.69, 9.17) is 11.6 Å². The van der Waals surface area contributed by atoms with Crippen molar-refractivity contribution in [1.82, 2.24) is 15.1 Å². The van der Waals surface area contributed by atoms with E-state index in [0.29, 0.717) is 23.0 Å². The highest BCUT2D eigenvalue weighted by molar-refractivity contribution is 14.1. The Labute approximate surface area is 136 Å². The molecule has 1 heterocycles. The van der Waals surface area contributed by atoms with Gasteiger partial charge < -0.3 is 5.32 Å². The third kappa shape index (κ3) is 4.21. The molecule has 0 saturated heterocycles. The molecule has 0 bridgehead atoms. The van der Waals surface area contributed by atoms with E-state index in [9.17, 15) is 4.79 Å². The molecule has 106 valence electrons. The molecular weight excluding hydrogens is 389 g/mol. The molecule has 2 rings (SSSR count). The van der Waals surface area contributed by atoms with Crippen molar-refractivity contribution in [3.63, 3.8) is 0 Å². The summed E-state index contributed by atoms with van der Waals surface area (Å²) in [4.78, 5) is 12.1. The van der Waals surface area contributed by atoms with Crippen molar-refractivity contribution in [2.24, 2.45) is 5.92 Å². The van der Waals surface area contributed by atoms with Crippen molar-refractivity contribution >= 4 is 40.1 Å². The zero-order valence-electron chi connectivity index (χ0n) is 11.0. The number of nitrogens with one attached hydrogen (secondary N) is 1. The van der Waals surface area contributed by atoms with Crippen molar-refractivity contribution in [2.75, 3.05) is 6.54 Å². The maximum Gasteiger partial charge on any atom is 0.252 e. The minimum atomic E-state index is -0.0933. The quantitative estimate of drug-likeness (QED) is 0.779. The lowest BCUT2D eigenvalue weighted by molar-refractivity contribution is 0.0945. The molecule has 1 amide bonds. The van der Waals surface area contributed by atoms with Gasteiger partial charge in [-0.15, -0.1) is 0 Å². The Hall–Kier alpha value is -1.08. The van der Waals surface area contributed by atoms with Crippen molar-refractivity contribution in [2.45, 2.75) is 13.5 Å². The molecule has 1 aromatic carbocycles. The van der Waals surface area contributed by atoms with Crippen LogP contribution in [-0.2, 0) is 6.54 Å². The fourth-order valence-electron chi connectivity index (χ4n) is 1.83. The van der Waals surface area contributed by atoms with Crippen LogP contribution in [0.1, 0.15) is 17.3 Å². The molecule has 20 heavy (non-hydrogen) atoms. The molecule has 1 unspecified atom stereocenters. The van der Waals surface area contributed by atoms with E-state index in [0.717, 1.165) is 10.1 Å². The first kappa shape index (κ1) is 15.3. The van der Waals surface area contributed by atoms with Crippen LogP contribution < -0.4 is 5.32 Å². The second-order valence-electron chi connectivity index (χ2n) is 4.67. The summed E-state index contributed by atoms with van der Waals surface area (Å²) < 4.78 is 2.75. The Balaban J connectivity index is 1.90. The van der Waals surface area contributed by atoms with Gasteiger partial charge in [0, 0.05) is 34.1 Å². The lowest BCUT2D eigenvalue weighted by Crippen LogP contribution is -2.30. The monoisotopic (exact) mass is 403 g/mol. The average Bonchev–Trinajstić information content (AvgIpc) is 2.91. The third-order valence-corrected chi connectivity index (χ3v) is 4.02. The van der Waals surface area contributed by atoms with Gasteiger partial charge >= 0.3 is 0 Å². The molecule has 0 spiro atoms. The average molecular weight is 404 g/mol. The molecule has 0 aliphatic rings. The van der Waals surface area contributed by atoms with Crippen LogP contribution in [0.15, 0.2) is 36.7 Å². The number of carbonyl (C=O) groups excluding carboxylic acids is 1. The molecule has 6 heteroatoms. The van der Waals surface area contributed by atoms with E-state index in [1.807, 2.05) is 23.0 Å². The first-order valence-corrected chi connectivity index (χ1v) is 7.72. The van der Waals surface area contributed by atoms with Gasteiger partial charge in [0.2, 0.25) is 0 Å². The number of halogens is 2. The predicted octanol–water partition coefficient (Wildman–Crippen LogP) is 3.21. The molecular formula is C14H15ClIN3O. The first-order valence-electron chi connectivity index (χ1n) is 6.27. The molecule has 1 atom stereocenters. The highest BCUT2D eigenvalue weighted by atomic mass is 127. The Morgan fingerprint density at radius 2 is 2.35 bits per heavy atom. The van der Waals surface area contributed by atoms with E-state index >= 15 is 0 Å². The van der Waals surface area contributed by atoms with E-state index in [2.05, 4.69) is 39.9 Å². The summed E-state index contributed by atoms with van der Waals surface area (Å²) >= 11 is 8.06. The van der Waals surface area contributed by atoms with E-state index in [1.54, 1.807) is 18.3 Å². The van der Waals surface area contributed by atoms with Gasteiger partial charge in [-0.2, -0.15) is 5.10 Å². The molecule has 1 N–H and O–H groups in total. The minimum Gasteiger partial charge on any atom is -0.352 e. The fraction of sp³-hybridized carbons (Fsp3) is 0.286. The number of carbonyl (C=O) groups is 1. The second-order valence-corrected chi connectivity index (χ2v) is 6.27. The summed E-state index contributed by atoms with van der Waals surface area (Å²) in [5.41, 5.74) is 0.615. The van der Waals surface area contributed by atoms with E-state index in [1.165, 1.54) is 0 Å². The Morgan fingerprint density at radius 3 is 3.05 bits per heavy atom. The summed E-state index contributed by atoms with van der Waals surface area (Å²) in [7, 11) is 0. The lowest BCUT2D eigenvalue weighted by Gasteiger charge is -2.13. The van der Waals surface area contributed by atoms with Crippen molar-refractivity contribution < 1.29 is 4.79 Å². The highest BCUT2D eigenvalue weighted by Gasteiger charge is 2.12. The maximum atomic E-state index is 12.1. The molecule has 0 fully saturated rings. The van der Waals surface area contributed by atoms with Crippen LogP contribution in [0.2, 0.25) is 5.02 Å². The summed E-state index contributed by atoms with van der Waals surface area (Å²) in [6.45, 7) is 3.45. The summed E-state index contributed by atoms with van der Waals surface area (Å²) in [5, 5.41) is 7.66. The number of nitrogens with zero attached hydrogens (tertiary/aromatic N) is 2. The van der Waals surface area contributed by atoms with Crippen molar-refractivity contribution in [3.8, 4) is 0 Å². The third-order valence-electron chi connectivity index (χ3n) is 2.84. The van der Waals surface area contributed by atoms with Crippen LogP contribution in [0.5, 0.6) is 0 Å². The second kappa shape index (κ2) is 7.08. The lowest BCUT2D eigenvalue weighted by atomic mass is 10.1. The zero-order valence-corrected chi connectivity index (χ0v) is 13.9. The largest absolute Gasteiger partial charge is 0.352 e. The van der Waals surface area contributed by atoms with E-state index < -0.39 is 0 Å². The smallest absolute Gasteiger partial charge is 0.252 e. The Kier molecular flexibility index (Phi) is 5.42. The number of aromatic nitrogens is 2. The SMILES string of the molecule is CC(CNC(=O)c1cc(Cl)ccc1I)Cn1cccn1. The number of hydrogen-bond acceptors (Lipinski definition) is 2. The van der Waals surface area contributed by atoms with Crippen LogP contribution in [0.4, 0.5) is 0 Å². The number of rotatable bonds is 5. The first-order chi connectivity index (χ1) is 9.56. The Bertz CT molecular complexity index is 586. The van der Waals surface area contributed by atoms with Gasteiger partial charge in [-0.25, -0.2) is 0 Å². The van der Waals surface area contributed by atoms with Crippen LogP contribution in [0, 0.1) is 9.49 Å². The molecule has 4 nitrogen and oxygen atoms in total. The van der Waals surface area contributed by atoms with E-state index in [-0.39, 0.29) is 5.91 Å². The molecule has 0 aliphatic heterocycles. The topological polar surface area (TPSA) is 46.9 Å². The van der Waals surface area contributed by atoms with Crippen molar-refractivity contribution in [3.05, 3.63) is 50.8 Å². The number of amides is 1. The molecule has 2 aromatic rings. The summed E-state index contributed by atoms with van der Waals surface area (Å²) in [6.07, 6.45) is 3.66. The van der Waals surface area contributed by atoms with Gasteiger partial charge in [0.15, 0.2) is 0 Å². The van der Waals surface area contributed by atoms with Crippen molar-refractivity contribution in [1.29, 1.82) is 0 Å².